The summed E-state index contributed by atoms with van der Waals surface area (Å²) in [6.07, 6.45) is -2.03. The Labute approximate surface area is 175 Å². The van der Waals surface area contributed by atoms with Crippen molar-refractivity contribution in [2.75, 3.05) is 12.3 Å². The zero-order valence-corrected chi connectivity index (χ0v) is 16.9. The first kappa shape index (κ1) is 20.3. The average molecular weight is 453 g/mol. The van der Waals surface area contributed by atoms with Gasteiger partial charge in [0.1, 0.15) is 12.0 Å². The Balaban J connectivity index is 1.32. The Morgan fingerprint density at radius 2 is 2.26 bits per heavy atom. The summed E-state index contributed by atoms with van der Waals surface area (Å²) in [4.78, 5) is 22.4. The van der Waals surface area contributed by atoms with Crippen molar-refractivity contribution in [2.24, 2.45) is 0 Å². The van der Waals surface area contributed by atoms with E-state index in [0.717, 1.165) is 5.56 Å². The standard InChI is InChI=1S/C18H18F2N5O5P/c19-16(20)18(8-28-31-27-7-10-3-1-2-4-11(10)30-31)6-5-12(29-18)25-9-22-13-14(25)23-17(21)24-15(13)26/h1-4,9,12,16H,5-8H2,(H3,21,23,24,26). The molecular weight excluding hydrogens is 435 g/mol. The van der Waals surface area contributed by atoms with Gasteiger partial charge in [-0.2, -0.15) is 4.98 Å². The molecule has 1 aromatic carbocycles. The lowest BCUT2D eigenvalue weighted by Gasteiger charge is -2.31. The summed E-state index contributed by atoms with van der Waals surface area (Å²) in [7, 11) is -1.83. The first-order chi connectivity index (χ1) is 14.9. The minimum Gasteiger partial charge on any atom is -0.426 e. The summed E-state index contributed by atoms with van der Waals surface area (Å²) < 4.78 is 52.0. The molecule has 31 heavy (non-hydrogen) atoms. The molecule has 0 amide bonds. The highest BCUT2D eigenvalue weighted by molar-refractivity contribution is 7.42. The van der Waals surface area contributed by atoms with Crippen LogP contribution in [0.25, 0.3) is 11.2 Å². The van der Waals surface area contributed by atoms with E-state index in [1.54, 1.807) is 6.07 Å². The quantitative estimate of drug-likeness (QED) is 0.565. The van der Waals surface area contributed by atoms with E-state index in [1.165, 1.54) is 10.9 Å². The molecule has 3 unspecified atom stereocenters. The fraction of sp³-hybridized carbons (Fsp3) is 0.389. The fourth-order valence-electron chi connectivity index (χ4n) is 3.60. The van der Waals surface area contributed by atoms with Crippen LogP contribution in [0.2, 0.25) is 0 Å². The number of anilines is 1. The van der Waals surface area contributed by atoms with E-state index in [9.17, 15) is 13.6 Å². The lowest BCUT2D eigenvalue weighted by molar-refractivity contribution is -0.165. The van der Waals surface area contributed by atoms with Crippen LogP contribution in [0.3, 0.4) is 0 Å². The van der Waals surface area contributed by atoms with Crippen molar-refractivity contribution in [3.8, 4) is 5.75 Å². The Kier molecular flexibility index (Phi) is 5.09. The molecule has 0 bridgehead atoms. The molecular formula is C18H18F2N5O5P. The molecule has 3 N–H and O–H groups in total. The van der Waals surface area contributed by atoms with Gasteiger partial charge in [-0.1, -0.05) is 18.2 Å². The van der Waals surface area contributed by atoms with Gasteiger partial charge in [0.2, 0.25) is 5.95 Å². The normalized spacial score (nSPS) is 25.6. The number of fused-ring (bicyclic) bond motifs is 2. The van der Waals surface area contributed by atoms with Crippen LogP contribution in [0.4, 0.5) is 14.7 Å². The van der Waals surface area contributed by atoms with E-state index in [4.69, 9.17) is 24.0 Å². The second-order valence-electron chi connectivity index (χ2n) is 7.22. The van der Waals surface area contributed by atoms with Gasteiger partial charge in [0, 0.05) is 5.56 Å². The number of para-hydroxylation sites is 1. The summed E-state index contributed by atoms with van der Waals surface area (Å²) in [6, 6.07) is 7.29. The van der Waals surface area contributed by atoms with Gasteiger partial charge >= 0.3 is 8.60 Å². The lowest BCUT2D eigenvalue weighted by Crippen LogP contribution is -2.41. The Bertz CT molecular complexity index is 1170. The Morgan fingerprint density at radius 3 is 3.10 bits per heavy atom. The van der Waals surface area contributed by atoms with Crippen LogP contribution in [0.15, 0.2) is 35.4 Å². The molecule has 0 saturated carbocycles. The van der Waals surface area contributed by atoms with E-state index in [0.29, 0.717) is 5.75 Å². The van der Waals surface area contributed by atoms with Crippen LogP contribution < -0.4 is 15.8 Å². The number of nitrogen functional groups attached to an aromatic ring is 1. The van der Waals surface area contributed by atoms with Gasteiger partial charge in [-0.25, -0.2) is 13.8 Å². The van der Waals surface area contributed by atoms with Crippen molar-refractivity contribution in [2.45, 2.75) is 37.7 Å². The highest BCUT2D eigenvalue weighted by Crippen LogP contribution is 2.50. The third kappa shape index (κ3) is 3.65. The molecule has 13 heteroatoms. The number of H-pyrrole nitrogens is 1. The number of imidazole rings is 1. The third-order valence-electron chi connectivity index (χ3n) is 5.23. The number of aromatic nitrogens is 4. The van der Waals surface area contributed by atoms with Crippen molar-refractivity contribution in [1.29, 1.82) is 0 Å². The number of alkyl halides is 2. The van der Waals surface area contributed by atoms with Gasteiger partial charge in [0.25, 0.3) is 12.0 Å². The maximum atomic E-state index is 14.1. The number of nitrogens with one attached hydrogen (secondary N) is 1. The van der Waals surface area contributed by atoms with Gasteiger partial charge in [-0.3, -0.25) is 23.4 Å². The molecule has 2 aliphatic rings. The highest BCUT2D eigenvalue weighted by atomic mass is 31.2. The predicted molar refractivity (Wildman–Crippen MR) is 105 cm³/mol. The number of benzene rings is 1. The number of hydrogen-bond acceptors (Lipinski definition) is 8. The molecule has 10 nitrogen and oxygen atoms in total. The molecule has 3 aromatic rings. The van der Waals surface area contributed by atoms with Crippen LogP contribution in [0.1, 0.15) is 24.6 Å². The van der Waals surface area contributed by atoms with Crippen LogP contribution in [-0.2, 0) is 20.4 Å². The molecule has 164 valence electrons. The minimum absolute atomic E-state index is 0.0213. The molecule has 2 aliphatic heterocycles. The third-order valence-corrected chi connectivity index (χ3v) is 6.25. The van der Waals surface area contributed by atoms with Crippen LogP contribution in [0.5, 0.6) is 5.75 Å². The average Bonchev–Trinajstić information content (AvgIpc) is 3.37. The van der Waals surface area contributed by atoms with Crippen molar-refractivity contribution < 1.29 is 27.1 Å². The van der Waals surface area contributed by atoms with Crippen molar-refractivity contribution in [1.82, 2.24) is 19.5 Å². The number of aromatic amines is 1. The maximum absolute atomic E-state index is 14.1. The number of nitrogens with zero attached hydrogens (tertiary/aromatic N) is 3. The summed E-state index contributed by atoms with van der Waals surface area (Å²) in [5.74, 6) is 0.505. The highest BCUT2D eigenvalue weighted by Gasteiger charge is 2.50. The maximum Gasteiger partial charge on any atom is 0.397 e. The van der Waals surface area contributed by atoms with E-state index in [1.807, 2.05) is 18.2 Å². The van der Waals surface area contributed by atoms with E-state index < -0.39 is 39.0 Å². The lowest BCUT2D eigenvalue weighted by atomic mass is 10.0. The van der Waals surface area contributed by atoms with Crippen molar-refractivity contribution in [3.05, 3.63) is 46.5 Å². The van der Waals surface area contributed by atoms with Crippen LogP contribution >= 0.6 is 8.60 Å². The van der Waals surface area contributed by atoms with E-state index in [2.05, 4.69) is 15.0 Å². The largest absolute Gasteiger partial charge is 0.426 e. The Hall–Kier alpha value is -2.66. The molecule has 3 atom stereocenters. The van der Waals surface area contributed by atoms with E-state index in [-0.39, 0.29) is 36.6 Å². The van der Waals surface area contributed by atoms with Crippen LogP contribution in [0, 0.1) is 0 Å². The molecule has 2 aromatic heterocycles. The number of halogens is 2. The SMILES string of the molecule is Nc1nc2c(ncn2C2CCC(COP3OCc4ccccc4O3)(C(F)F)O2)c(=O)[nH]1. The second kappa shape index (κ2) is 7.79. The summed E-state index contributed by atoms with van der Waals surface area (Å²) in [5.41, 5.74) is 4.30. The van der Waals surface area contributed by atoms with Gasteiger partial charge in [0.05, 0.1) is 19.5 Å². The molecule has 0 aliphatic carbocycles. The molecule has 1 fully saturated rings. The van der Waals surface area contributed by atoms with Gasteiger partial charge in [-0.15, -0.1) is 0 Å². The molecule has 5 rings (SSSR count). The number of nitrogens with two attached hydrogens (primary N) is 1. The summed E-state index contributed by atoms with van der Waals surface area (Å²) in [5, 5.41) is 0. The molecule has 0 spiro atoms. The van der Waals surface area contributed by atoms with Gasteiger partial charge in [-0.05, 0) is 18.9 Å². The number of rotatable bonds is 5. The smallest absolute Gasteiger partial charge is 0.397 e. The molecule has 4 heterocycles. The van der Waals surface area contributed by atoms with Gasteiger partial charge in [0.15, 0.2) is 16.8 Å². The monoisotopic (exact) mass is 453 g/mol. The summed E-state index contributed by atoms with van der Waals surface area (Å²) in [6.45, 7) is -0.145. The van der Waals surface area contributed by atoms with Crippen LogP contribution in [-0.4, -0.2) is 38.2 Å². The second-order valence-corrected chi connectivity index (χ2v) is 8.37. The predicted octanol–water partition coefficient (Wildman–Crippen LogP) is 2.87. The first-order valence-electron chi connectivity index (χ1n) is 9.45. The van der Waals surface area contributed by atoms with E-state index >= 15 is 0 Å². The number of ether oxygens (including phenoxy) is 1. The van der Waals surface area contributed by atoms with Crippen molar-refractivity contribution >= 4 is 25.7 Å². The minimum atomic E-state index is -2.82. The molecule has 1 saturated heterocycles. The summed E-state index contributed by atoms with van der Waals surface area (Å²) >= 11 is 0. The van der Waals surface area contributed by atoms with Gasteiger partial charge < -0.3 is 15.0 Å². The zero-order valence-electron chi connectivity index (χ0n) is 16.0. The number of hydrogen-bond donors (Lipinski definition) is 2. The van der Waals surface area contributed by atoms with Crippen molar-refractivity contribution in [3.63, 3.8) is 0 Å². The zero-order chi connectivity index (χ0) is 21.6. The molecule has 0 radical (unpaired) electrons. The Morgan fingerprint density at radius 1 is 1.42 bits per heavy atom. The topological polar surface area (TPSA) is 127 Å². The first-order valence-corrected chi connectivity index (χ1v) is 10.5. The fourth-order valence-corrected chi connectivity index (χ4v) is 4.69.